The Labute approximate surface area is 93.3 Å². The van der Waals surface area contributed by atoms with Gasteiger partial charge in [-0.1, -0.05) is 0 Å². The average Bonchev–Trinajstić information content (AvgIpc) is 2.09. The van der Waals surface area contributed by atoms with E-state index in [-0.39, 0.29) is 30.5 Å². The molecule has 3 nitrogen and oxygen atoms in total. The van der Waals surface area contributed by atoms with E-state index in [0.717, 1.165) is 6.42 Å². The molecule has 1 saturated heterocycles. The molecule has 1 rings (SSSR count). The molecule has 0 radical (unpaired) electrons. The first kappa shape index (κ1) is 13.8. The molecular weight excluding hydrogens is 243 g/mol. The third-order valence-corrected chi connectivity index (χ3v) is 4.35. The first-order valence-electron chi connectivity index (χ1n) is 5.29. The number of hydrogen-bond donors (Lipinski definition) is 1. The van der Waals surface area contributed by atoms with E-state index in [2.05, 4.69) is 5.32 Å². The van der Waals surface area contributed by atoms with Gasteiger partial charge in [0.1, 0.15) is 0 Å². The predicted octanol–water partition coefficient (Wildman–Crippen LogP) is 1.50. The molecule has 7 heteroatoms. The Kier molecular flexibility index (Phi) is 4.61. The molecule has 1 aliphatic rings. The minimum absolute atomic E-state index is 0.0000472. The average molecular weight is 259 g/mol. The Hall–Kier alpha value is -0.300. The molecule has 1 atom stereocenters. The molecule has 0 amide bonds. The van der Waals surface area contributed by atoms with Gasteiger partial charge in [0, 0.05) is 12.5 Å². The molecule has 1 N–H and O–H groups in total. The summed E-state index contributed by atoms with van der Waals surface area (Å²) in [6.07, 6.45) is -3.62. The Morgan fingerprint density at radius 1 is 1.31 bits per heavy atom. The van der Waals surface area contributed by atoms with Crippen molar-refractivity contribution < 1.29 is 21.6 Å². The van der Waals surface area contributed by atoms with Crippen LogP contribution in [-0.2, 0) is 9.84 Å². The summed E-state index contributed by atoms with van der Waals surface area (Å²) in [5.74, 6) is 0.257. The second-order valence-electron chi connectivity index (χ2n) is 4.13. The maximum absolute atomic E-state index is 11.8. The van der Waals surface area contributed by atoms with E-state index in [4.69, 9.17) is 0 Å². The zero-order valence-corrected chi connectivity index (χ0v) is 9.70. The van der Waals surface area contributed by atoms with E-state index < -0.39 is 22.4 Å². The lowest BCUT2D eigenvalue weighted by Crippen LogP contribution is -2.40. The van der Waals surface area contributed by atoms with E-state index in [1.54, 1.807) is 0 Å². The van der Waals surface area contributed by atoms with Gasteiger partial charge in [0.15, 0.2) is 9.84 Å². The molecule has 96 valence electrons. The predicted molar refractivity (Wildman–Crippen MR) is 55.0 cm³/mol. The van der Waals surface area contributed by atoms with Crippen molar-refractivity contribution in [2.24, 2.45) is 0 Å². The van der Waals surface area contributed by atoms with Crippen LogP contribution in [0.15, 0.2) is 0 Å². The van der Waals surface area contributed by atoms with Gasteiger partial charge in [0.2, 0.25) is 0 Å². The van der Waals surface area contributed by atoms with Crippen molar-refractivity contribution in [3.05, 3.63) is 0 Å². The normalized spacial score (nSPS) is 25.6. The molecule has 16 heavy (non-hydrogen) atoms. The van der Waals surface area contributed by atoms with Crippen LogP contribution in [0, 0.1) is 0 Å². The number of alkyl halides is 3. The summed E-state index contributed by atoms with van der Waals surface area (Å²) in [7, 11) is -2.98. The van der Waals surface area contributed by atoms with Gasteiger partial charge in [-0.05, 0) is 25.8 Å². The minimum Gasteiger partial charge on any atom is -0.313 e. The maximum atomic E-state index is 11.8. The molecule has 1 heterocycles. The highest BCUT2D eigenvalue weighted by Gasteiger charge is 2.27. The Morgan fingerprint density at radius 3 is 2.56 bits per heavy atom. The zero-order chi connectivity index (χ0) is 12.2. The summed E-state index contributed by atoms with van der Waals surface area (Å²) < 4.78 is 57.9. The summed E-state index contributed by atoms with van der Waals surface area (Å²) in [4.78, 5) is 0. The third kappa shape index (κ3) is 5.69. The molecule has 0 aliphatic carbocycles. The molecule has 0 bridgehead atoms. The van der Waals surface area contributed by atoms with Crippen molar-refractivity contribution in [1.82, 2.24) is 5.32 Å². The van der Waals surface area contributed by atoms with Crippen LogP contribution < -0.4 is 5.32 Å². The molecule has 0 saturated carbocycles. The molecule has 0 aromatic heterocycles. The van der Waals surface area contributed by atoms with Gasteiger partial charge < -0.3 is 5.32 Å². The molecule has 0 spiro atoms. The van der Waals surface area contributed by atoms with Crippen molar-refractivity contribution in [3.8, 4) is 0 Å². The number of hydrogen-bond acceptors (Lipinski definition) is 3. The standard InChI is InChI=1S/C9H16F3NO2S/c10-9(11,12)4-2-5-13-8-3-1-6-16(14,15)7-8/h8,13H,1-7H2. The monoisotopic (exact) mass is 259 g/mol. The lowest BCUT2D eigenvalue weighted by atomic mass is 10.2. The van der Waals surface area contributed by atoms with E-state index in [0.29, 0.717) is 6.42 Å². The fraction of sp³-hybridized carbons (Fsp3) is 1.00. The van der Waals surface area contributed by atoms with Crippen molar-refractivity contribution in [1.29, 1.82) is 0 Å². The summed E-state index contributed by atoms with van der Waals surface area (Å²) in [5, 5.41) is 2.87. The lowest BCUT2D eigenvalue weighted by molar-refractivity contribution is -0.135. The molecule has 0 aromatic carbocycles. The second kappa shape index (κ2) is 5.35. The quantitative estimate of drug-likeness (QED) is 0.778. The molecule has 1 aliphatic heterocycles. The van der Waals surface area contributed by atoms with Crippen LogP contribution in [0.1, 0.15) is 25.7 Å². The smallest absolute Gasteiger partial charge is 0.313 e. The molecule has 0 aromatic rings. The highest BCUT2D eigenvalue weighted by Crippen LogP contribution is 2.21. The molecule has 1 fully saturated rings. The van der Waals surface area contributed by atoms with E-state index in [9.17, 15) is 21.6 Å². The number of rotatable bonds is 4. The summed E-state index contributed by atoms with van der Waals surface area (Å²) in [6, 6.07) is -0.174. The number of sulfone groups is 1. The number of halogens is 3. The summed E-state index contributed by atoms with van der Waals surface area (Å²) in [5.41, 5.74) is 0. The number of nitrogens with one attached hydrogen (secondary N) is 1. The van der Waals surface area contributed by atoms with Crippen LogP contribution in [0.5, 0.6) is 0 Å². The highest BCUT2D eigenvalue weighted by molar-refractivity contribution is 7.91. The van der Waals surface area contributed by atoms with Crippen LogP contribution in [0.3, 0.4) is 0 Å². The van der Waals surface area contributed by atoms with Crippen LogP contribution in [0.4, 0.5) is 13.2 Å². The van der Waals surface area contributed by atoms with E-state index in [1.165, 1.54) is 0 Å². The largest absolute Gasteiger partial charge is 0.389 e. The van der Waals surface area contributed by atoms with Gasteiger partial charge in [-0.15, -0.1) is 0 Å². The first-order chi connectivity index (χ1) is 7.29. The summed E-state index contributed by atoms with van der Waals surface area (Å²) >= 11 is 0. The van der Waals surface area contributed by atoms with Gasteiger partial charge in [-0.25, -0.2) is 8.42 Å². The summed E-state index contributed by atoms with van der Waals surface area (Å²) in [6.45, 7) is 0.222. The fourth-order valence-corrected chi connectivity index (χ4v) is 3.45. The fourth-order valence-electron chi connectivity index (χ4n) is 1.78. The van der Waals surface area contributed by atoms with Gasteiger partial charge >= 0.3 is 6.18 Å². The van der Waals surface area contributed by atoms with Gasteiger partial charge in [0.25, 0.3) is 0 Å². The van der Waals surface area contributed by atoms with Crippen LogP contribution in [0.25, 0.3) is 0 Å². The van der Waals surface area contributed by atoms with E-state index in [1.807, 2.05) is 0 Å². The maximum Gasteiger partial charge on any atom is 0.389 e. The first-order valence-corrected chi connectivity index (χ1v) is 7.11. The molecular formula is C9H16F3NO2S. The topological polar surface area (TPSA) is 46.2 Å². The Balaban J connectivity index is 2.18. The van der Waals surface area contributed by atoms with Crippen LogP contribution in [0.2, 0.25) is 0 Å². The highest BCUT2D eigenvalue weighted by atomic mass is 32.2. The van der Waals surface area contributed by atoms with Crippen molar-refractivity contribution in [2.75, 3.05) is 18.1 Å². The Bertz CT molecular complexity index is 313. The molecule has 1 unspecified atom stereocenters. The van der Waals surface area contributed by atoms with Crippen LogP contribution in [-0.4, -0.2) is 38.7 Å². The lowest BCUT2D eigenvalue weighted by Gasteiger charge is -2.23. The Morgan fingerprint density at radius 2 is 2.00 bits per heavy atom. The SMILES string of the molecule is O=S1(=O)CCCC(NCCCC(F)(F)F)C1. The second-order valence-corrected chi connectivity index (χ2v) is 6.36. The van der Waals surface area contributed by atoms with E-state index >= 15 is 0 Å². The van der Waals surface area contributed by atoms with Crippen molar-refractivity contribution in [3.63, 3.8) is 0 Å². The van der Waals surface area contributed by atoms with Gasteiger partial charge in [-0.2, -0.15) is 13.2 Å². The van der Waals surface area contributed by atoms with Gasteiger partial charge in [-0.3, -0.25) is 0 Å². The van der Waals surface area contributed by atoms with Crippen molar-refractivity contribution >= 4 is 9.84 Å². The zero-order valence-electron chi connectivity index (χ0n) is 8.89. The third-order valence-electron chi connectivity index (χ3n) is 2.53. The van der Waals surface area contributed by atoms with Gasteiger partial charge in [0.05, 0.1) is 11.5 Å². The van der Waals surface area contributed by atoms with Crippen molar-refractivity contribution in [2.45, 2.75) is 37.9 Å². The minimum atomic E-state index is -4.12. The van der Waals surface area contributed by atoms with Crippen LogP contribution >= 0.6 is 0 Å².